The third-order valence-corrected chi connectivity index (χ3v) is 4.03. The number of hydrogen-bond donors (Lipinski definition) is 4. The van der Waals surface area contributed by atoms with Gasteiger partial charge in [0.2, 0.25) is 5.82 Å². The Bertz CT molecular complexity index is 986. The predicted octanol–water partition coefficient (Wildman–Crippen LogP) is 3.13. The summed E-state index contributed by atoms with van der Waals surface area (Å²) in [6.07, 6.45) is -1.46. The van der Waals surface area contributed by atoms with Crippen LogP contribution < -0.4 is 20.7 Å². The number of carbonyl (C=O) groups excluding carboxylic acids is 2. The second-order valence-electron chi connectivity index (χ2n) is 7.13. The number of alkyl halides is 3. The molecular weight excluding hydrogens is 459 g/mol. The molecule has 2 aromatic rings. The van der Waals surface area contributed by atoms with Crippen LogP contribution in [0, 0.1) is 0 Å². The van der Waals surface area contributed by atoms with E-state index in [9.17, 15) is 22.8 Å². The van der Waals surface area contributed by atoms with Crippen molar-refractivity contribution in [2.75, 3.05) is 37.0 Å². The molecule has 0 aliphatic rings. The number of aromatic nitrogens is 2. The number of urea groups is 1. The van der Waals surface area contributed by atoms with Gasteiger partial charge in [0.05, 0.1) is 19.8 Å². The number of ether oxygens (including phenoxy) is 2. The molecule has 34 heavy (non-hydrogen) atoms. The van der Waals surface area contributed by atoms with Gasteiger partial charge in [-0.3, -0.25) is 10.1 Å². The summed E-state index contributed by atoms with van der Waals surface area (Å²) >= 11 is 0. The van der Waals surface area contributed by atoms with Gasteiger partial charge in [-0.2, -0.15) is 0 Å². The van der Waals surface area contributed by atoms with Crippen LogP contribution in [0.25, 0.3) is 0 Å². The van der Waals surface area contributed by atoms with Gasteiger partial charge in [-0.1, -0.05) is 11.6 Å². The van der Waals surface area contributed by atoms with E-state index in [2.05, 4.69) is 25.7 Å². The Morgan fingerprint density at radius 3 is 2.47 bits per heavy atom. The van der Waals surface area contributed by atoms with Crippen LogP contribution in [0.5, 0.6) is 5.75 Å². The van der Waals surface area contributed by atoms with Crippen molar-refractivity contribution in [2.45, 2.75) is 26.8 Å². The summed E-state index contributed by atoms with van der Waals surface area (Å²) in [5.41, 5.74) is 1.24. The van der Waals surface area contributed by atoms with E-state index >= 15 is 0 Å². The largest absolute Gasteiger partial charge is 0.573 e. The zero-order valence-electron chi connectivity index (χ0n) is 18.6. The van der Waals surface area contributed by atoms with Crippen molar-refractivity contribution >= 4 is 23.4 Å². The van der Waals surface area contributed by atoms with Gasteiger partial charge >= 0.3 is 12.4 Å². The van der Waals surface area contributed by atoms with E-state index in [0.29, 0.717) is 6.54 Å². The topological polar surface area (TPSA) is 127 Å². The average molecular weight is 485 g/mol. The molecule has 10 nitrogen and oxygen atoms in total. The Labute approximate surface area is 193 Å². The lowest BCUT2D eigenvalue weighted by molar-refractivity contribution is -0.274. The third-order valence-electron chi connectivity index (χ3n) is 4.03. The molecule has 0 radical (unpaired) electrons. The minimum atomic E-state index is -4.81. The number of amides is 3. The number of imidazole rings is 1. The van der Waals surface area contributed by atoms with Crippen LogP contribution in [0.3, 0.4) is 0 Å². The first-order valence-electron chi connectivity index (χ1n) is 10.2. The summed E-state index contributed by atoms with van der Waals surface area (Å²) in [6, 6.07) is 3.90. The highest BCUT2D eigenvalue weighted by atomic mass is 19.4. The number of rotatable bonds is 11. The molecule has 0 saturated carbocycles. The molecule has 1 aromatic carbocycles. The van der Waals surface area contributed by atoms with Crippen LogP contribution in [0.15, 0.2) is 42.1 Å². The smallest absolute Gasteiger partial charge is 0.406 e. The number of hydrogen-bond acceptors (Lipinski definition) is 6. The van der Waals surface area contributed by atoms with Crippen LogP contribution in [-0.2, 0) is 11.3 Å². The second kappa shape index (κ2) is 12.6. The Kier molecular flexibility index (Phi) is 9.89. The lowest BCUT2D eigenvalue weighted by Gasteiger charge is -2.10. The maximum absolute atomic E-state index is 12.5. The molecule has 0 aliphatic heterocycles. The standard InChI is InChI=1S/C21H26F3N5O5/c1-14(2)7-9-29-13-17(27-18(29)19(31)25-8-11-33-12-10-30)28-20(32)26-15-3-5-16(6-4-15)34-21(22,23)24/h3-7,13,30H,8-12H2,1-2H3,(H,25,31)(H2,26,28,32). The molecule has 1 heterocycles. The van der Waals surface area contributed by atoms with Crippen LogP contribution in [-0.4, -0.2) is 59.3 Å². The van der Waals surface area contributed by atoms with Crippen LogP contribution in [0.1, 0.15) is 24.5 Å². The number of benzene rings is 1. The lowest BCUT2D eigenvalue weighted by atomic mass is 10.3. The lowest BCUT2D eigenvalue weighted by Crippen LogP contribution is -2.30. The Morgan fingerprint density at radius 2 is 1.85 bits per heavy atom. The minimum absolute atomic E-state index is 0.0589. The summed E-state index contributed by atoms with van der Waals surface area (Å²) in [7, 11) is 0. The van der Waals surface area contributed by atoms with Gasteiger partial charge in [0.1, 0.15) is 5.75 Å². The first-order valence-corrected chi connectivity index (χ1v) is 10.2. The molecule has 13 heteroatoms. The molecule has 0 atom stereocenters. The van der Waals surface area contributed by atoms with Crippen molar-refractivity contribution in [3.8, 4) is 5.75 Å². The van der Waals surface area contributed by atoms with Crippen molar-refractivity contribution in [3.05, 3.63) is 47.9 Å². The van der Waals surface area contributed by atoms with E-state index in [1.165, 1.54) is 18.3 Å². The SMILES string of the molecule is CC(C)=CCn1cc(NC(=O)Nc2ccc(OC(F)(F)F)cc2)nc1C(=O)NCCOCCO. The van der Waals surface area contributed by atoms with E-state index < -0.39 is 24.1 Å². The molecule has 0 spiro atoms. The van der Waals surface area contributed by atoms with Gasteiger partial charge in [0, 0.05) is 25.0 Å². The van der Waals surface area contributed by atoms with Crippen molar-refractivity contribution in [3.63, 3.8) is 0 Å². The molecule has 0 bridgehead atoms. The number of aliphatic hydroxyl groups excluding tert-OH is 1. The highest BCUT2D eigenvalue weighted by molar-refractivity contribution is 5.99. The molecule has 0 aliphatic carbocycles. The zero-order chi connectivity index (χ0) is 25.1. The fraction of sp³-hybridized carbons (Fsp3) is 0.381. The van der Waals surface area contributed by atoms with Gasteiger partial charge in [-0.05, 0) is 38.1 Å². The molecule has 1 aromatic heterocycles. The quantitative estimate of drug-likeness (QED) is 0.286. The van der Waals surface area contributed by atoms with Crippen molar-refractivity contribution in [1.29, 1.82) is 0 Å². The number of aliphatic hydroxyl groups is 1. The van der Waals surface area contributed by atoms with Crippen molar-refractivity contribution < 1.29 is 37.3 Å². The number of anilines is 2. The van der Waals surface area contributed by atoms with Gasteiger partial charge in [-0.15, -0.1) is 13.2 Å². The maximum atomic E-state index is 12.5. The number of nitrogens with zero attached hydrogens (tertiary/aromatic N) is 2. The van der Waals surface area contributed by atoms with Gasteiger partial charge in [0.15, 0.2) is 5.82 Å². The molecular formula is C21H26F3N5O5. The van der Waals surface area contributed by atoms with Gasteiger partial charge in [-0.25, -0.2) is 9.78 Å². The van der Waals surface area contributed by atoms with Crippen LogP contribution >= 0.6 is 0 Å². The molecule has 4 N–H and O–H groups in total. The molecule has 2 rings (SSSR count). The van der Waals surface area contributed by atoms with E-state index in [1.807, 2.05) is 19.9 Å². The summed E-state index contributed by atoms with van der Waals surface area (Å²) in [5.74, 6) is -0.751. The van der Waals surface area contributed by atoms with Crippen LogP contribution in [0.2, 0.25) is 0 Å². The molecule has 3 amide bonds. The van der Waals surface area contributed by atoms with Crippen molar-refractivity contribution in [2.24, 2.45) is 0 Å². The zero-order valence-corrected chi connectivity index (χ0v) is 18.6. The number of nitrogens with one attached hydrogen (secondary N) is 3. The normalized spacial score (nSPS) is 11.0. The Morgan fingerprint density at radius 1 is 1.15 bits per heavy atom. The molecule has 186 valence electrons. The third kappa shape index (κ3) is 9.50. The van der Waals surface area contributed by atoms with Crippen LogP contribution in [0.4, 0.5) is 29.5 Å². The number of carbonyl (C=O) groups is 2. The van der Waals surface area contributed by atoms with Gasteiger partial charge in [0.25, 0.3) is 5.91 Å². The Hall–Kier alpha value is -3.58. The summed E-state index contributed by atoms with van der Waals surface area (Å²) < 4.78 is 47.2. The highest BCUT2D eigenvalue weighted by Gasteiger charge is 2.31. The summed E-state index contributed by atoms with van der Waals surface area (Å²) in [5, 5.41) is 16.3. The fourth-order valence-electron chi connectivity index (χ4n) is 2.58. The molecule has 0 unspecified atom stereocenters. The highest BCUT2D eigenvalue weighted by Crippen LogP contribution is 2.24. The minimum Gasteiger partial charge on any atom is -0.406 e. The monoisotopic (exact) mass is 485 g/mol. The molecule has 0 fully saturated rings. The fourth-order valence-corrected chi connectivity index (χ4v) is 2.58. The summed E-state index contributed by atoms with van der Waals surface area (Å²) in [4.78, 5) is 29.0. The van der Waals surface area contributed by atoms with E-state index in [4.69, 9.17) is 9.84 Å². The second-order valence-corrected chi connectivity index (χ2v) is 7.13. The first-order chi connectivity index (χ1) is 16.1. The maximum Gasteiger partial charge on any atom is 0.573 e. The summed E-state index contributed by atoms with van der Waals surface area (Å²) in [6.45, 7) is 4.57. The number of allylic oxidation sites excluding steroid dienone is 2. The van der Waals surface area contributed by atoms with Gasteiger partial charge < -0.3 is 29.8 Å². The Balaban J connectivity index is 2.03. The average Bonchev–Trinajstić information content (AvgIpc) is 3.15. The van der Waals surface area contributed by atoms with E-state index in [-0.39, 0.29) is 43.7 Å². The number of halogens is 3. The molecule has 0 saturated heterocycles. The van der Waals surface area contributed by atoms with E-state index in [1.54, 1.807) is 4.57 Å². The predicted molar refractivity (Wildman–Crippen MR) is 118 cm³/mol. The first kappa shape index (κ1) is 26.7. The van der Waals surface area contributed by atoms with Crippen molar-refractivity contribution in [1.82, 2.24) is 14.9 Å². The van der Waals surface area contributed by atoms with E-state index in [0.717, 1.165) is 17.7 Å².